The molecule has 0 fully saturated rings. The van der Waals surface area contributed by atoms with Gasteiger partial charge in [-0.2, -0.15) is 0 Å². The number of imide groups is 1. The molecule has 0 aliphatic rings. The number of aldehydes is 1. The highest BCUT2D eigenvalue weighted by Gasteiger charge is 2.37. The van der Waals surface area contributed by atoms with Crippen LogP contribution in [0.3, 0.4) is 0 Å². The molecular formula is C27H39N5O10. The third kappa shape index (κ3) is 10.8. The van der Waals surface area contributed by atoms with Crippen LogP contribution in [0.25, 0.3) is 0 Å². The molecule has 1 aromatic rings. The van der Waals surface area contributed by atoms with E-state index in [0.29, 0.717) is 16.7 Å². The van der Waals surface area contributed by atoms with Crippen LogP contribution in [0.15, 0.2) is 24.3 Å². The lowest BCUT2D eigenvalue weighted by molar-refractivity contribution is -0.142. The Hall–Kier alpha value is -4.53. The number of methoxy groups -OCH3 is 1. The standard InChI is InChI=1S/C27H39N5O10/c1-14(2)22(31-24(38)20(30-23(37)15(3)28)12-17-6-8-19(34)9-7-17)25(39)29-16(4)26(40)32(27(41)42-5)18(10-11-33)13-21(35)36/h6-9,11,14-16,18,20,22,34H,10,12-13,28H2,1-5H3,(H,29,39)(H,30,37)(H,31,38)(H,35,36)/t15-,16-,18+,20-,22-/m0/s1. The van der Waals surface area contributed by atoms with Crippen LogP contribution >= 0.6 is 0 Å². The summed E-state index contributed by atoms with van der Waals surface area (Å²) in [7, 11) is 0.966. The van der Waals surface area contributed by atoms with E-state index in [-0.39, 0.29) is 12.2 Å². The summed E-state index contributed by atoms with van der Waals surface area (Å²) in [5, 5.41) is 26.2. The van der Waals surface area contributed by atoms with E-state index in [0.717, 1.165) is 7.11 Å². The monoisotopic (exact) mass is 593 g/mol. The Kier molecular flexibility index (Phi) is 14.1. The molecule has 232 valence electrons. The third-order valence-electron chi connectivity index (χ3n) is 6.15. The zero-order chi connectivity index (χ0) is 32.1. The molecule has 15 nitrogen and oxygen atoms in total. The molecule has 0 aliphatic carbocycles. The van der Waals surface area contributed by atoms with Crippen molar-refractivity contribution in [2.45, 2.75) is 77.2 Å². The Morgan fingerprint density at radius 3 is 2.02 bits per heavy atom. The fraction of sp³-hybridized carbons (Fsp3) is 0.519. The van der Waals surface area contributed by atoms with Crippen LogP contribution in [0.2, 0.25) is 0 Å². The van der Waals surface area contributed by atoms with Gasteiger partial charge in [0.25, 0.3) is 5.91 Å². The Morgan fingerprint density at radius 2 is 1.55 bits per heavy atom. The average molecular weight is 594 g/mol. The van der Waals surface area contributed by atoms with E-state index < -0.39 is 84.7 Å². The van der Waals surface area contributed by atoms with Crippen LogP contribution in [0.1, 0.15) is 46.1 Å². The van der Waals surface area contributed by atoms with Crippen molar-refractivity contribution in [1.29, 1.82) is 0 Å². The van der Waals surface area contributed by atoms with Crippen molar-refractivity contribution < 1.29 is 48.5 Å². The lowest BCUT2D eigenvalue weighted by atomic mass is 10.00. The summed E-state index contributed by atoms with van der Waals surface area (Å²) < 4.78 is 4.60. The number of aliphatic carboxylic acids is 1. The first-order valence-electron chi connectivity index (χ1n) is 13.1. The molecule has 5 amide bonds. The second-order valence-corrected chi connectivity index (χ2v) is 10.0. The number of carbonyl (C=O) groups excluding carboxylic acids is 6. The van der Waals surface area contributed by atoms with E-state index >= 15 is 0 Å². The summed E-state index contributed by atoms with van der Waals surface area (Å²) in [6.07, 6.45) is -2.08. The predicted molar refractivity (Wildman–Crippen MR) is 148 cm³/mol. The van der Waals surface area contributed by atoms with Gasteiger partial charge in [-0.15, -0.1) is 0 Å². The van der Waals surface area contributed by atoms with Crippen molar-refractivity contribution in [2.75, 3.05) is 7.11 Å². The first-order valence-corrected chi connectivity index (χ1v) is 13.1. The number of nitrogens with one attached hydrogen (secondary N) is 3. The van der Waals surface area contributed by atoms with Gasteiger partial charge < -0.3 is 41.4 Å². The second-order valence-electron chi connectivity index (χ2n) is 10.0. The predicted octanol–water partition coefficient (Wildman–Crippen LogP) is -0.560. The summed E-state index contributed by atoms with van der Waals surface area (Å²) in [6.45, 7) is 5.92. The van der Waals surface area contributed by atoms with E-state index in [2.05, 4.69) is 20.7 Å². The lowest BCUT2D eigenvalue weighted by Gasteiger charge is -2.30. The fourth-order valence-corrected chi connectivity index (χ4v) is 3.85. The first kappa shape index (κ1) is 35.5. The number of hydrogen-bond donors (Lipinski definition) is 6. The number of hydrogen-bond acceptors (Lipinski definition) is 10. The van der Waals surface area contributed by atoms with E-state index in [9.17, 15) is 43.8 Å². The van der Waals surface area contributed by atoms with Gasteiger partial charge in [-0.05, 0) is 37.5 Å². The van der Waals surface area contributed by atoms with Crippen molar-refractivity contribution >= 4 is 42.0 Å². The van der Waals surface area contributed by atoms with Gasteiger partial charge in [0, 0.05) is 12.8 Å². The molecule has 1 rings (SSSR count). The van der Waals surface area contributed by atoms with Crippen molar-refractivity contribution in [3.63, 3.8) is 0 Å². The zero-order valence-corrected chi connectivity index (χ0v) is 24.2. The molecule has 42 heavy (non-hydrogen) atoms. The van der Waals surface area contributed by atoms with Crippen LogP contribution in [-0.4, -0.2) is 94.4 Å². The number of carboxylic acid groups (broad SMARTS) is 1. The first-order chi connectivity index (χ1) is 19.6. The number of amides is 5. The normalized spacial score (nSPS) is 14.4. The molecular weight excluding hydrogens is 554 g/mol. The Bertz CT molecular complexity index is 1140. The number of nitrogens with two attached hydrogens (primary N) is 1. The quantitative estimate of drug-likeness (QED) is 0.141. The maximum Gasteiger partial charge on any atom is 0.416 e. The minimum Gasteiger partial charge on any atom is -0.508 e. The van der Waals surface area contributed by atoms with E-state index in [1.165, 1.54) is 26.0 Å². The zero-order valence-electron chi connectivity index (χ0n) is 24.2. The van der Waals surface area contributed by atoms with Gasteiger partial charge in [-0.3, -0.25) is 24.0 Å². The highest BCUT2D eigenvalue weighted by Crippen LogP contribution is 2.14. The number of ether oxygens (including phenoxy) is 1. The molecule has 15 heteroatoms. The number of phenols is 1. The topological polar surface area (TPSA) is 235 Å². The molecule has 0 heterocycles. The van der Waals surface area contributed by atoms with Gasteiger partial charge in [0.15, 0.2) is 0 Å². The number of benzene rings is 1. The number of rotatable bonds is 15. The molecule has 0 spiro atoms. The minimum atomic E-state index is -1.40. The van der Waals surface area contributed by atoms with E-state index in [1.807, 2.05) is 0 Å². The van der Waals surface area contributed by atoms with Gasteiger partial charge in [0.1, 0.15) is 30.2 Å². The number of carboxylic acids is 1. The number of carbonyl (C=O) groups is 7. The summed E-state index contributed by atoms with van der Waals surface area (Å²) in [6, 6.07) is -0.126. The summed E-state index contributed by atoms with van der Waals surface area (Å²) in [5.41, 5.74) is 6.23. The van der Waals surface area contributed by atoms with Crippen LogP contribution in [-0.2, 0) is 39.9 Å². The number of nitrogens with zero attached hydrogens (tertiary/aromatic N) is 1. The molecule has 0 saturated carbocycles. The van der Waals surface area contributed by atoms with Gasteiger partial charge in [0.05, 0.1) is 25.6 Å². The molecule has 0 saturated heterocycles. The average Bonchev–Trinajstić information content (AvgIpc) is 2.91. The third-order valence-corrected chi connectivity index (χ3v) is 6.15. The van der Waals surface area contributed by atoms with Crippen LogP contribution in [0.5, 0.6) is 5.75 Å². The maximum absolute atomic E-state index is 13.3. The van der Waals surface area contributed by atoms with Gasteiger partial charge >= 0.3 is 12.1 Å². The van der Waals surface area contributed by atoms with Crippen LogP contribution < -0.4 is 21.7 Å². The smallest absolute Gasteiger partial charge is 0.416 e. The largest absolute Gasteiger partial charge is 0.508 e. The van der Waals surface area contributed by atoms with Gasteiger partial charge in [0.2, 0.25) is 17.7 Å². The highest BCUT2D eigenvalue weighted by atomic mass is 16.5. The molecule has 0 aliphatic heterocycles. The molecule has 0 unspecified atom stereocenters. The SMILES string of the molecule is COC(=O)N(C(=O)[C@H](C)NC(=O)[C@@H](NC(=O)[C@H](Cc1ccc(O)cc1)NC(=O)[C@H](C)N)C(C)C)[C@H](CC=O)CC(=O)O. The Balaban J connectivity index is 3.17. The Morgan fingerprint density at radius 1 is 0.952 bits per heavy atom. The summed E-state index contributed by atoms with van der Waals surface area (Å²) in [5.74, 6) is -5.07. The molecule has 7 N–H and O–H groups in total. The second kappa shape index (κ2) is 16.7. The number of phenolic OH excluding ortho intramolecular Hbond substituents is 1. The van der Waals surface area contributed by atoms with Crippen LogP contribution in [0, 0.1) is 5.92 Å². The lowest BCUT2D eigenvalue weighted by Crippen LogP contribution is -2.60. The summed E-state index contributed by atoms with van der Waals surface area (Å²) in [4.78, 5) is 87.2. The molecule has 0 radical (unpaired) electrons. The molecule has 5 atom stereocenters. The number of aromatic hydroxyl groups is 1. The van der Waals surface area contributed by atoms with Crippen molar-refractivity contribution in [1.82, 2.24) is 20.9 Å². The highest BCUT2D eigenvalue weighted by molar-refractivity contribution is 5.99. The summed E-state index contributed by atoms with van der Waals surface area (Å²) >= 11 is 0. The minimum absolute atomic E-state index is 0.00167. The van der Waals surface area contributed by atoms with E-state index in [1.54, 1.807) is 26.0 Å². The van der Waals surface area contributed by atoms with Crippen LogP contribution in [0.4, 0.5) is 4.79 Å². The van der Waals surface area contributed by atoms with Crippen molar-refractivity contribution in [3.05, 3.63) is 29.8 Å². The maximum atomic E-state index is 13.3. The van der Waals surface area contributed by atoms with Gasteiger partial charge in [-0.1, -0.05) is 26.0 Å². The molecule has 0 aromatic heterocycles. The fourth-order valence-electron chi connectivity index (χ4n) is 3.85. The van der Waals surface area contributed by atoms with E-state index in [4.69, 9.17) is 5.73 Å². The Labute approximate surface area is 243 Å². The molecule has 0 bridgehead atoms. The molecule has 1 aromatic carbocycles. The van der Waals surface area contributed by atoms with Gasteiger partial charge in [-0.25, -0.2) is 9.69 Å². The van der Waals surface area contributed by atoms with Crippen molar-refractivity contribution in [2.24, 2.45) is 11.7 Å². The van der Waals surface area contributed by atoms with Crippen molar-refractivity contribution in [3.8, 4) is 5.75 Å².